The monoisotopic (exact) mass is 262 g/mol. The van der Waals surface area contributed by atoms with Gasteiger partial charge in [0.1, 0.15) is 0 Å². The van der Waals surface area contributed by atoms with Gasteiger partial charge in [-0.05, 0) is 38.3 Å². The minimum absolute atomic E-state index is 0.186. The van der Waals surface area contributed by atoms with Gasteiger partial charge in [-0.1, -0.05) is 30.3 Å². The van der Waals surface area contributed by atoms with Crippen LogP contribution >= 0.6 is 0 Å². The first kappa shape index (κ1) is 14.5. The van der Waals surface area contributed by atoms with Crippen molar-refractivity contribution < 1.29 is 4.74 Å². The fourth-order valence-electron chi connectivity index (χ4n) is 2.65. The summed E-state index contributed by atoms with van der Waals surface area (Å²) in [5.41, 5.74) is 7.02. The van der Waals surface area contributed by atoms with Gasteiger partial charge in [-0.15, -0.1) is 0 Å². The average molecular weight is 262 g/mol. The molecule has 1 saturated heterocycles. The Morgan fingerprint density at radius 2 is 2.05 bits per heavy atom. The Morgan fingerprint density at radius 1 is 1.26 bits per heavy atom. The molecule has 3 heteroatoms. The van der Waals surface area contributed by atoms with Crippen LogP contribution in [-0.2, 0) is 11.3 Å². The van der Waals surface area contributed by atoms with E-state index >= 15 is 0 Å². The predicted molar refractivity (Wildman–Crippen MR) is 79.0 cm³/mol. The first-order valence-electron chi connectivity index (χ1n) is 7.39. The summed E-state index contributed by atoms with van der Waals surface area (Å²) in [4.78, 5) is 2.53. The number of hydrogen-bond acceptors (Lipinski definition) is 3. The first-order valence-corrected chi connectivity index (χ1v) is 7.39. The van der Waals surface area contributed by atoms with Crippen LogP contribution < -0.4 is 5.73 Å². The number of hydrogen-bond donors (Lipinski definition) is 1. The summed E-state index contributed by atoms with van der Waals surface area (Å²) in [6.45, 7) is 6.03. The van der Waals surface area contributed by atoms with Gasteiger partial charge >= 0.3 is 0 Å². The van der Waals surface area contributed by atoms with Gasteiger partial charge in [-0.2, -0.15) is 0 Å². The lowest BCUT2D eigenvalue weighted by Crippen LogP contribution is -2.28. The van der Waals surface area contributed by atoms with E-state index in [0.29, 0.717) is 12.6 Å². The molecular weight excluding hydrogens is 236 g/mol. The van der Waals surface area contributed by atoms with E-state index in [-0.39, 0.29) is 6.10 Å². The van der Waals surface area contributed by atoms with Crippen molar-refractivity contribution in [2.45, 2.75) is 44.9 Å². The minimum Gasteiger partial charge on any atom is -0.374 e. The van der Waals surface area contributed by atoms with E-state index in [1.807, 2.05) is 0 Å². The van der Waals surface area contributed by atoms with Crippen LogP contribution in [0.5, 0.6) is 0 Å². The van der Waals surface area contributed by atoms with Crippen molar-refractivity contribution in [2.75, 3.05) is 19.6 Å². The maximum Gasteiger partial charge on any atom is 0.0672 e. The summed E-state index contributed by atoms with van der Waals surface area (Å²) in [5.74, 6) is 0. The van der Waals surface area contributed by atoms with Gasteiger partial charge in [0.2, 0.25) is 0 Å². The summed E-state index contributed by atoms with van der Waals surface area (Å²) >= 11 is 0. The normalized spacial score (nSPS) is 22.9. The lowest BCUT2D eigenvalue weighted by atomic mass is 10.1. The Kier molecular flexibility index (Phi) is 5.83. The van der Waals surface area contributed by atoms with Crippen LogP contribution in [0.3, 0.4) is 0 Å². The lowest BCUT2D eigenvalue weighted by Gasteiger charge is -2.21. The van der Waals surface area contributed by atoms with Crippen LogP contribution in [0.25, 0.3) is 0 Å². The molecule has 0 aromatic heterocycles. The lowest BCUT2D eigenvalue weighted by molar-refractivity contribution is -0.00452. The van der Waals surface area contributed by atoms with Crippen LogP contribution in [-0.4, -0.2) is 36.7 Å². The van der Waals surface area contributed by atoms with Gasteiger partial charge in [-0.3, -0.25) is 4.90 Å². The summed E-state index contributed by atoms with van der Waals surface area (Å²) in [6.07, 6.45) is 4.08. The van der Waals surface area contributed by atoms with E-state index in [1.165, 1.54) is 18.5 Å². The van der Waals surface area contributed by atoms with E-state index in [2.05, 4.69) is 42.2 Å². The zero-order chi connectivity index (χ0) is 13.5. The molecule has 0 radical (unpaired) electrons. The molecule has 2 N–H and O–H groups in total. The van der Waals surface area contributed by atoms with Crippen molar-refractivity contribution in [1.29, 1.82) is 0 Å². The van der Waals surface area contributed by atoms with Crippen molar-refractivity contribution >= 4 is 0 Å². The van der Waals surface area contributed by atoms with Gasteiger partial charge in [-0.25, -0.2) is 0 Å². The highest BCUT2D eigenvalue weighted by Crippen LogP contribution is 2.17. The molecule has 1 aromatic rings. The number of nitrogens with two attached hydrogens (primary N) is 1. The van der Waals surface area contributed by atoms with Crippen LogP contribution in [0.1, 0.15) is 31.7 Å². The molecule has 19 heavy (non-hydrogen) atoms. The van der Waals surface area contributed by atoms with Crippen molar-refractivity contribution in [1.82, 2.24) is 4.90 Å². The molecule has 1 aromatic carbocycles. The zero-order valence-corrected chi connectivity index (χ0v) is 11.9. The molecule has 2 atom stereocenters. The highest BCUT2D eigenvalue weighted by Gasteiger charge is 2.18. The second-order valence-corrected chi connectivity index (χ2v) is 5.50. The Labute approximate surface area is 116 Å². The molecule has 1 fully saturated rings. The zero-order valence-electron chi connectivity index (χ0n) is 11.9. The predicted octanol–water partition coefficient (Wildman–Crippen LogP) is 2.40. The summed E-state index contributed by atoms with van der Waals surface area (Å²) in [6, 6.07) is 10.7. The van der Waals surface area contributed by atoms with Crippen molar-refractivity contribution in [3.8, 4) is 0 Å². The Bertz CT molecular complexity index is 355. The fourth-order valence-corrected chi connectivity index (χ4v) is 2.65. The van der Waals surface area contributed by atoms with Crippen molar-refractivity contribution in [3.63, 3.8) is 0 Å². The third kappa shape index (κ3) is 4.94. The standard InChI is InChI=1S/C16H26N2O/c1-14(12-17)19-16-8-5-10-18(11-9-16)13-15-6-3-2-4-7-15/h2-4,6-7,14,16H,5,8-13,17H2,1H3. The van der Waals surface area contributed by atoms with E-state index in [0.717, 1.165) is 25.9 Å². The molecule has 106 valence electrons. The summed E-state index contributed by atoms with van der Waals surface area (Å²) in [5, 5.41) is 0. The number of nitrogens with zero attached hydrogens (tertiary/aromatic N) is 1. The highest BCUT2D eigenvalue weighted by molar-refractivity contribution is 5.14. The maximum atomic E-state index is 5.97. The van der Waals surface area contributed by atoms with Crippen LogP contribution in [0, 0.1) is 0 Å². The second kappa shape index (κ2) is 7.63. The topological polar surface area (TPSA) is 38.5 Å². The van der Waals surface area contributed by atoms with E-state index < -0.39 is 0 Å². The summed E-state index contributed by atoms with van der Waals surface area (Å²) in [7, 11) is 0. The molecule has 0 aliphatic carbocycles. The number of ether oxygens (including phenoxy) is 1. The molecule has 0 bridgehead atoms. The Hall–Kier alpha value is -0.900. The van der Waals surface area contributed by atoms with Crippen LogP contribution in [0.2, 0.25) is 0 Å². The molecule has 2 rings (SSSR count). The number of benzene rings is 1. The molecular formula is C16H26N2O. The third-order valence-corrected chi connectivity index (χ3v) is 3.77. The summed E-state index contributed by atoms with van der Waals surface area (Å²) < 4.78 is 5.97. The van der Waals surface area contributed by atoms with Gasteiger partial charge in [0.15, 0.2) is 0 Å². The van der Waals surface area contributed by atoms with Crippen LogP contribution in [0.15, 0.2) is 30.3 Å². The SMILES string of the molecule is CC(CN)OC1CCCN(Cc2ccccc2)CC1. The average Bonchev–Trinajstić information content (AvgIpc) is 2.65. The third-order valence-electron chi connectivity index (χ3n) is 3.77. The van der Waals surface area contributed by atoms with Crippen molar-refractivity contribution in [3.05, 3.63) is 35.9 Å². The largest absolute Gasteiger partial charge is 0.374 e. The highest BCUT2D eigenvalue weighted by atomic mass is 16.5. The first-order chi connectivity index (χ1) is 9.28. The second-order valence-electron chi connectivity index (χ2n) is 5.50. The molecule has 0 saturated carbocycles. The molecule has 1 heterocycles. The number of rotatable bonds is 5. The van der Waals surface area contributed by atoms with Gasteiger partial charge in [0.05, 0.1) is 12.2 Å². The van der Waals surface area contributed by atoms with Gasteiger partial charge in [0, 0.05) is 19.6 Å². The molecule has 1 aliphatic heterocycles. The quantitative estimate of drug-likeness (QED) is 0.885. The Morgan fingerprint density at radius 3 is 2.79 bits per heavy atom. The Balaban J connectivity index is 1.80. The van der Waals surface area contributed by atoms with Gasteiger partial charge in [0.25, 0.3) is 0 Å². The molecule has 0 amide bonds. The van der Waals surface area contributed by atoms with Crippen LogP contribution in [0.4, 0.5) is 0 Å². The number of likely N-dealkylation sites (tertiary alicyclic amines) is 1. The molecule has 3 nitrogen and oxygen atoms in total. The fraction of sp³-hybridized carbons (Fsp3) is 0.625. The minimum atomic E-state index is 0.186. The molecule has 1 aliphatic rings. The van der Waals surface area contributed by atoms with E-state index in [1.54, 1.807) is 0 Å². The van der Waals surface area contributed by atoms with Gasteiger partial charge < -0.3 is 10.5 Å². The molecule has 2 unspecified atom stereocenters. The smallest absolute Gasteiger partial charge is 0.0672 e. The molecule has 0 spiro atoms. The maximum absolute atomic E-state index is 5.97. The van der Waals surface area contributed by atoms with E-state index in [4.69, 9.17) is 10.5 Å². The van der Waals surface area contributed by atoms with Crippen molar-refractivity contribution in [2.24, 2.45) is 5.73 Å². The van der Waals surface area contributed by atoms with E-state index in [9.17, 15) is 0 Å².